The SMILES string of the molecule is CC.CN(C)CCCN=C(N)c1cc(N)ccc1N. The summed E-state index contributed by atoms with van der Waals surface area (Å²) >= 11 is 0. The van der Waals surface area contributed by atoms with Gasteiger partial charge >= 0.3 is 0 Å². The summed E-state index contributed by atoms with van der Waals surface area (Å²) in [7, 11) is 4.06. The van der Waals surface area contributed by atoms with E-state index in [1.807, 2.05) is 27.9 Å². The molecule has 0 aromatic heterocycles. The first-order valence-corrected chi connectivity index (χ1v) is 6.60. The van der Waals surface area contributed by atoms with Crippen molar-refractivity contribution in [3.8, 4) is 0 Å². The van der Waals surface area contributed by atoms with E-state index in [1.165, 1.54) is 0 Å². The Morgan fingerprint density at radius 3 is 2.42 bits per heavy atom. The fourth-order valence-corrected chi connectivity index (χ4v) is 1.47. The summed E-state index contributed by atoms with van der Waals surface area (Å²) in [5.74, 6) is 0.452. The second kappa shape index (κ2) is 9.22. The molecule has 5 nitrogen and oxygen atoms in total. The zero-order valence-corrected chi connectivity index (χ0v) is 12.5. The molecule has 0 radical (unpaired) electrons. The standard InChI is InChI=1S/C12H21N5.C2H6/c1-17(2)7-3-6-16-12(15)10-8-9(13)4-5-11(10)14;1-2/h4-5,8H,3,6-7,13-14H2,1-2H3,(H2,15,16);1-2H3. The molecule has 19 heavy (non-hydrogen) atoms. The van der Waals surface area contributed by atoms with Crippen molar-refractivity contribution in [1.29, 1.82) is 0 Å². The zero-order chi connectivity index (χ0) is 14.8. The number of anilines is 2. The van der Waals surface area contributed by atoms with E-state index >= 15 is 0 Å². The third kappa shape index (κ3) is 6.67. The maximum atomic E-state index is 5.88. The molecule has 1 aromatic carbocycles. The van der Waals surface area contributed by atoms with Gasteiger partial charge in [0.05, 0.1) is 0 Å². The van der Waals surface area contributed by atoms with E-state index in [1.54, 1.807) is 18.2 Å². The van der Waals surface area contributed by atoms with Gasteiger partial charge in [-0.3, -0.25) is 4.99 Å². The minimum absolute atomic E-state index is 0.452. The van der Waals surface area contributed by atoms with Crippen molar-refractivity contribution < 1.29 is 0 Å². The molecule has 108 valence electrons. The molecule has 0 aliphatic rings. The predicted octanol–water partition coefficient (Wildman–Crippen LogP) is 1.53. The zero-order valence-electron chi connectivity index (χ0n) is 12.5. The van der Waals surface area contributed by atoms with Gasteiger partial charge in [-0.2, -0.15) is 0 Å². The summed E-state index contributed by atoms with van der Waals surface area (Å²) in [5.41, 5.74) is 19.3. The Balaban J connectivity index is 0.00000154. The Morgan fingerprint density at radius 1 is 1.21 bits per heavy atom. The summed E-state index contributed by atoms with van der Waals surface area (Å²) in [6.45, 7) is 5.68. The topological polar surface area (TPSA) is 93.7 Å². The molecular formula is C14H27N5. The first-order chi connectivity index (χ1) is 9.00. The minimum Gasteiger partial charge on any atom is -0.399 e. The lowest BCUT2D eigenvalue weighted by molar-refractivity contribution is 0.403. The van der Waals surface area contributed by atoms with Gasteiger partial charge in [0, 0.05) is 23.5 Å². The van der Waals surface area contributed by atoms with Crippen molar-refractivity contribution in [2.75, 3.05) is 38.7 Å². The molecule has 0 saturated carbocycles. The molecule has 0 bridgehead atoms. The van der Waals surface area contributed by atoms with Crippen molar-refractivity contribution in [3.05, 3.63) is 23.8 Å². The first-order valence-electron chi connectivity index (χ1n) is 6.60. The molecule has 1 aromatic rings. The highest BCUT2D eigenvalue weighted by atomic mass is 15.0. The van der Waals surface area contributed by atoms with E-state index in [0.29, 0.717) is 23.8 Å². The number of nitrogens with two attached hydrogens (primary N) is 3. The van der Waals surface area contributed by atoms with Gasteiger partial charge in [-0.25, -0.2) is 0 Å². The van der Waals surface area contributed by atoms with Gasteiger partial charge in [0.2, 0.25) is 0 Å². The lowest BCUT2D eigenvalue weighted by atomic mass is 10.1. The maximum absolute atomic E-state index is 5.88. The van der Waals surface area contributed by atoms with E-state index < -0.39 is 0 Å². The average Bonchev–Trinajstić information content (AvgIpc) is 2.39. The van der Waals surface area contributed by atoms with Crippen LogP contribution in [-0.4, -0.2) is 37.9 Å². The van der Waals surface area contributed by atoms with Crippen LogP contribution in [0.1, 0.15) is 25.8 Å². The maximum Gasteiger partial charge on any atom is 0.127 e. The third-order valence-electron chi connectivity index (χ3n) is 2.40. The van der Waals surface area contributed by atoms with Crippen molar-refractivity contribution in [3.63, 3.8) is 0 Å². The monoisotopic (exact) mass is 265 g/mol. The number of rotatable bonds is 5. The van der Waals surface area contributed by atoms with Gasteiger partial charge in [-0.15, -0.1) is 0 Å². The summed E-state index contributed by atoms with van der Waals surface area (Å²) in [6, 6.07) is 5.24. The van der Waals surface area contributed by atoms with E-state index in [-0.39, 0.29) is 0 Å². The Bertz CT molecular complexity index is 399. The number of hydrogen-bond donors (Lipinski definition) is 3. The van der Waals surface area contributed by atoms with Crippen molar-refractivity contribution in [1.82, 2.24) is 4.90 Å². The molecule has 6 N–H and O–H groups in total. The van der Waals surface area contributed by atoms with Crippen LogP contribution in [0, 0.1) is 0 Å². The predicted molar refractivity (Wildman–Crippen MR) is 85.4 cm³/mol. The van der Waals surface area contributed by atoms with Crippen LogP contribution < -0.4 is 17.2 Å². The van der Waals surface area contributed by atoms with Crippen LogP contribution in [0.3, 0.4) is 0 Å². The van der Waals surface area contributed by atoms with Gasteiger partial charge < -0.3 is 22.1 Å². The van der Waals surface area contributed by atoms with E-state index in [2.05, 4.69) is 9.89 Å². The Kier molecular flexibility index (Phi) is 8.37. The van der Waals surface area contributed by atoms with Gasteiger partial charge in [0.15, 0.2) is 0 Å². The summed E-state index contributed by atoms with van der Waals surface area (Å²) in [5, 5.41) is 0. The highest BCUT2D eigenvalue weighted by molar-refractivity contribution is 6.02. The van der Waals surface area contributed by atoms with Crippen LogP contribution in [0.25, 0.3) is 0 Å². The average molecular weight is 265 g/mol. The number of amidine groups is 1. The van der Waals surface area contributed by atoms with E-state index in [4.69, 9.17) is 17.2 Å². The normalized spacial score (nSPS) is 11.1. The van der Waals surface area contributed by atoms with Crippen LogP contribution in [0.5, 0.6) is 0 Å². The van der Waals surface area contributed by atoms with Crippen molar-refractivity contribution in [2.24, 2.45) is 10.7 Å². The van der Waals surface area contributed by atoms with Gasteiger partial charge in [0.25, 0.3) is 0 Å². The Hall–Kier alpha value is -1.75. The smallest absolute Gasteiger partial charge is 0.127 e. The van der Waals surface area contributed by atoms with Crippen LogP contribution in [0.2, 0.25) is 0 Å². The summed E-state index contributed by atoms with van der Waals surface area (Å²) in [4.78, 5) is 6.41. The molecular weight excluding hydrogens is 238 g/mol. The second-order valence-electron chi connectivity index (χ2n) is 4.27. The molecule has 0 aliphatic heterocycles. The highest BCUT2D eigenvalue weighted by Crippen LogP contribution is 2.15. The lowest BCUT2D eigenvalue weighted by Gasteiger charge is -2.08. The van der Waals surface area contributed by atoms with Gasteiger partial charge in [-0.1, -0.05) is 13.8 Å². The Morgan fingerprint density at radius 2 is 1.84 bits per heavy atom. The molecule has 0 amide bonds. The minimum atomic E-state index is 0.452. The van der Waals surface area contributed by atoms with Gasteiger partial charge in [-0.05, 0) is 45.3 Å². The van der Waals surface area contributed by atoms with Crippen LogP contribution in [0.15, 0.2) is 23.2 Å². The largest absolute Gasteiger partial charge is 0.399 e. The number of nitrogens with zero attached hydrogens (tertiary/aromatic N) is 2. The van der Waals surface area contributed by atoms with Crippen LogP contribution >= 0.6 is 0 Å². The third-order valence-corrected chi connectivity index (χ3v) is 2.40. The fraction of sp³-hybridized carbons (Fsp3) is 0.500. The molecule has 0 aliphatic carbocycles. The molecule has 0 atom stereocenters. The fourth-order valence-electron chi connectivity index (χ4n) is 1.47. The Labute approximate surface area is 116 Å². The molecule has 1 rings (SSSR count). The van der Waals surface area contributed by atoms with E-state index in [0.717, 1.165) is 18.5 Å². The number of aliphatic imine (C=N–C) groups is 1. The van der Waals surface area contributed by atoms with E-state index in [9.17, 15) is 0 Å². The van der Waals surface area contributed by atoms with Gasteiger partial charge in [0.1, 0.15) is 5.84 Å². The van der Waals surface area contributed by atoms with Crippen molar-refractivity contribution in [2.45, 2.75) is 20.3 Å². The first kappa shape index (κ1) is 17.2. The number of benzene rings is 1. The van der Waals surface area contributed by atoms with Crippen LogP contribution in [-0.2, 0) is 0 Å². The lowest BCUT2D eigenvalue weighted by Crippen LogP contribution is -2.18. The summed E-state index contributed by atoms with van der Waals surface area (Å²) < 4.78 is 0. The quantitative estimate of drug-likeness (QED) is 0.326. The van der Waals surface area contributed by atoms with Crippen molar-refractivity contribution >= 4 is 17.2 Å². The molecule has 5 heteroatoms. The molecule has 0 unspecified atom stereocenters. The summed E-state index contributed by atoms with van der Waals surface area (Å²) in [6.07, 6.45) is 0.968. The molecule has 0 heterocycles. The number of nitrogen functional groups attached to an aromatic ring is 2. The van der Waals surface area contributed by atoms with Crippen LogP contribution in [0.4, 0.5) is 11.4 Å². The second-order valence-corrected chi connectivity index (χ2v) is 4.27. The molecule has 0 fully saturated rings. The molecule has 0 spiro atoms. The number of hydrogen-bond acceptors (Lipinski definition) is 4. The highest BCUT2D eigenvalue weighted by Gasteiger charge is 2.03. The molecule has 0 saturated heterocycles.